The maximum atomic E-state index is 12.2. The Bertz CT molecular complexity index is 514. The van der Waals surface area contributed by atoms with Crippen molar-refractivity contribution in [2.45, 2.75) is 19.5 Å². The summed E-state index contributed by atoms with van der Waals surface area (Å²) in [5.74, 6) is -0.240. The number of aromatic nitrogens is 2. The van der Waals surface area contributed by atoms with Crippen molar-refractivity contribution in [2.75, 3.05) is 38.5 Å². The number of nitrogens with zero attached hydrogens (tertiary/aromatic N) is 4. The van der Waals surface area contributed by atoms with Crippen LogP contribution in [0.5, 0.6) is 0 Å². The monoisotopic (exact) mass is 366 g/mol. The first-order valence-corrected chi connectivity index (χ1v) is 7.01. The number of hydrogen-bond donors (Lipinski definition) is 2. The fraction of sp³-hybridized carbons (Fsp3) is 0.615. The van der Waals surface area contributed by atoms with Crippen LogP contribution >= 0.6 is 24.8 Å². The molecule has 1 aromatic rings. The Labute approximate surface area is 148 Å². The predicted octanol–water partition coefficient (Wildman–Crippen LogP) is -0.214. The third-order valence-corrected chi connectivity index (χ3v) is 3.47. The zero-order chi connectivity index (χ0) is 15.4. The Morgan fingerprint density at radius 3 is 2.48 bits per heavy atom. The van der Waals surface area contributed by atoms with Crippen LogP contribution in [0.3, 0.4) is 0 Å². The average molecular weight is 367 g/mol. The number of carbonyl (C=O) groups is 2. The number of halogens is 2. The molecule has 10 heteroatoms. The van der Waals surface area contributed by atoms with Crippen LogP contribution in [-0.2, 0) is 16.1 Å². The number of nitrogens with one attached hydrogen (secondary N) is 1. The Morgan fingerprint density at radius 2 is 1.91 bits per heavy atom. The lowest BCUT2D eigenvalue weighted by molar-refractivity contribution is -0.133. The Morgan fingerprint density at radius 1 is 1.30 bits per heavy atom. The molecular formula is C13H24Cl2N6O2. The molecule has 1 atom stereocenters. The smallest absolute Gasteiger partial charge is 0.244 e. The van der Waals surface area contributed by atoms with Crippen molar-refractivity contribution in [3.63, 3.8) is 0 Å². The number of rotatable bonds is 4. The van der Waals surface area contributed by atoms with Crippen molar-refractivity contribution < 1.29 is 9.59 Å². The second-order valence-corrected chi connectivity index (χ2v) is 5.39. The maximum absolute atomic E-state index is 12.2. The molecule has 8 nitrogen and oxygen atoms in total. The van der Waals surface area contributed by atoms with Crippen molar-refractivity contribution in [3.05, 3.63) is 12.4 Å². The first-order chi connectivity index (χ1) is 9.95. The maximum Gasteiger partial charge on any atom is 0.244 e. The molecular weight excluding hydrogens is 343 g/mol. The van der Waals surface area contributed by atoms with Crippen LogP contribution in [0, 0.1) is 0 Å². The summed E-state index contributed by atoms with van der Waals surface area (Å²) >= 11 is 0. The zero-order valence-electron chi connectivity index (χ0n) is 13.3. The topological polar surface area (TPSA) is 96.5 Å². The fourth-order valence-corrected chi connectivity index (χ4v) is 2.07. The van der Waals surface area contributed by atoms with Gasteiger partial charge in [-0.3, -0.25) is 14.3 Å². The van der Waals surface area contributed by atoms with E-state index in [-0.39, 0.29) is 43.2 Å². The third kappa shape index (κ3) is 6.34. The molecule has 23 heavy (non-hydrogen) atoms. The van der Waals surface area contributed by atoms with E-state index >= 15 is 0 Å². The van der Waals surface area contributed by atoms with Gasteiger partial charge >= 0.3 is 0 Å². The lowest BCUT2D eigenvalue weighted by atomic mass is 10.3. The van der Waals surface area contributed by atoms with Crippen molar-refractivity contribution in [2.24, 2.45) is 5.73 Å². The highest BCUT2D eigenvalue weighted by atomic mass is 35.5. The Balaban J connectivity index is 0.00000242. The van der Waals surface area contributed by atoms with Crippen molar-refractivity contribution >= 4 is 42.3 Å². The number of likely N-dealkylation sites (N-methyl/N-ethyl adjacent to an activating group) is 1. The van der Waals surface area contributed by atoms with Crippen molar-refractivity contribution in [1.82, 2.24) is 19.6 Å². The van der Waals surface area contributed by atoms with Gasteiger partial charge in [0.15, 0.2) is 0 Å². The summed E-state index contributed by atoms with van der Waals surface area (Å²) in [6.07, 6.45) is 3.14. The van der Waals surface area contributed by atoms with Crippen LogP contribution in [0.1, 0.15) is 6.92 Å². The number of anilines is 1. The van der Waals surface area contributed by atoms with E-state index in [1.807, 2.05) is 11.9 Å². The van der Waals surface area contributed by atoms with E-state index in [9.17, 15) is 9.59 Å². The number of carbonyl (C=O) groups excluding carboxylic acids is 2. The lowest BCUT2D eigenvalue weighted by Gasteiger charge is -2.32. The molecule has 1 aliphatic rings. The van der Waals surface area contributed by atoms with Gasteiger partial charge < -0.3 is 20.9 Å². The van der Waals surface area contributed by atoms with E-state index in [0.717, 1.165) is 26.2 Å². The van der Waals surface area contributed by atoms with Crippen LogP contribution in [0.2, 0.25) is 0 Å². The first kappa shape index (κ1) is 21.6. The number of amides is 2. The normalized spacial score (nSPS) is 16.0. The molecule has 0 aromatic carbocycles. The van der Waals surface area contributed by atoms with Gasteiger partial charge in [0.05, 0.1) is 17.9 Å². The van der Waals surface area contributed by atoms with Gasteiger partial charge in [-0.15, -0.1) is 24.8 Å². The van der Waals surface area contributed by atoms with E-state index in [2.05, 4.69) is 15.3 Å². The summed E-state index contributed by atoms with van der Waals surface area (Å²) in [5, 5.41) is 6.72. The highest BCUT2D eigenvalue weighted by Gasteiger charge is 2.19. The summed E-state index contributed by atoms with van der Waals surface area (Å²) in [5.41, 5.74) is 6.02. The van der Waals surface area contributed by atoms with Crippen molar-refractivity contribution in [1.29, 1.82) is 0 Å². The summed E-state index contributed by atoms with van der Waals surface area (Å²) in [6, 6.07) is -0.583. The molecule has 0 radical (unpaired) electrons. The molecule has 0 bridgehead atoms. The summed E-state index contributed by atoms with van der Waals surface area (Å²) in [4.78, 5) is 27.7. The molecule has 2 rings (SSSR count). The average Bonchev–Trinajstić information content (AvgIpc) is 2.86. The van der Waals surface area contributed by atoms with Gasteiger partial charge in [-0.1, -0.05) is 0 Å². The fourth-order valence-electron chi connectivity index (χ4n) is 2.07. The van der Waals surface area contributed by atoms with Gasteiger partial charge in [0.2, 0.25) is 11.8 Å². The minimum absolute atomic E-state index is 0. The predicted molar refractivity (Wildman–Crippen MR) is 93.1 cm³/mol. The summed E-state index contributed by atoms with van der Waals surface area (Å²) < 4.78 is 1.53. The quantitative estimate of drug-likeness (QED) is 0.768. The van der Waals surface area contributed by atoms with E-state index in [1.165, 1.54) is 10.9 Å². The second-order valence-electron chi connectivity index (χ2n) is 5.39. The van der Waals surface area contributed by atoms with Crippen molar-refractivity contribution in [3.8, 4) is 0 Å². The zero-order valence-corrected chi connectivity index (χ0v) is 14.9. The van der Waals surface area contributed by atoms with Gasteiger partial charge in [-0.25, -0.2) is 0 Å². The molecule has 1 fully saturated rings. The highest BCUT2D eigenvalue weighted by molar-refractivity contribution is 5.94. The summed E-state index contributed by atoms with van der Waals surface area (Å²) in [6.45, 7) is 5.05. The summed E-state index contributed by atoms with van der Waals surface area (Å²) in [7, 11) is 2.04. The first-order valence-electron chi connectivity index (χ1n) is 7.01. The van der Waals surface area contributed by atoms with Crippen LogP contribution in [0.15, 0.2) is 12.4 Å². The van der Waals surface area contributed by atoms with Gasteiger partial charge in [-0.2, -0.15) is 5.10 Å². The minimum atomic E-state index is -0.583. The Hall–Kier alpha value is -1.35. The van der Waals surface area contributed by atoms with Crippen LogP contribution in [-0.4, -0.2) is 70.7 Å². The lowest BCUT2D eigenvalue weighted by Crippen LogP contribution is -2.48. The molecule has 0 saturated carbocycles. The van der Waals surface area contributed by atoms with Crippen LogP contribution in [0.25, 0.3) is 0 Å². The highest BCUT2D eigenvalue weighted by Crippen LogP contribution is 2.07. The second kappa shape index (κ2) is 9.71. The molecule has 3 N–H and O–H groups in total. The standard InChI is InChI=1S/C13H22N6O2.2ClH/c1-10(14)13(21)16-11-7-15-19(8-11)9-12(20)18-5-3-17(2)4-6-18;;/h7-8,10H,3-6,9,14H2,1-2H3,(H,16,21);2*1H/t10-;;/m1../s1. The minimum Gasteiger partial charge on any atom is -0.339 e. The molecule has 2 heterocycles. The SMILES string of the molecule is C[C@@H](N)C(=O)Nc1cnn(CC(=O)N2CCN(C)CC2)c1.Cl.Cl. The molecule has 0 aliphatic carbocycles. The van der Waals surface area contributed by atoms with E-state index in [0.29, 0.717) is 5.69 Å². The third-order valence-electron chi connectivity index (χ3n) is 3.47. The molecule has 0 unspecified atom stereocenters. The van der Waals surface area contributed by atoms with E-state index in [1.54, 1.807) is 13.1 Å². The van der Waals surface area contributed by atoms with Crippen LogP contribution < -0.4 is 11.1 Å². The van der Waals surface area contributed by atoms with Crippen LogP contribution in [0.4, 0.5) is 5.69 Å². The van der Waals surface area contributed by atoms with E-state index < -0.39 is 6.04 Å². The molecule has 1 aliphatic heterocycles. The number of nitrogens with two attached hydrogens (primary N) is 1. The largest absolute Gasteiger partial charge is 0.339 e. The molecule has 132 valence electrons. The Kier molecular flexibility index (Phi) is 9.14. The van der Waals surface area contributed by atoms with Gasteiger partial charge in [0, 0.05) is 32.4 Å². The molecule has 1 aromatic heterocycles. The number of piperazine rings is 1. The van der Waals surface area contributed by atoms with Gasteiger partial charge in [0.25, 0.3) is 0 Å². The van der Waals surface area contributed by atoms with Gasteiger partial charge in [0.1, 0.15) is 6.54 Å². The van der Waals surface area contributed by atoms with E-state index in [4.69, 9.17) is 5.73 Å². The van der Waals surface area contributed by atoms with Gasteiger partial charge in [-0.05, 0) is 14.0 Å². The number of hydrogen-bond acceptors (Lipinski definition) is 5. The molecule has 1 saturated heterocycles. The molecule has 2 amide bonds. The molecule has 0 spiro atoms.